The SMILES string of the molecule is CN1CCN(Cc2cccc(CNC(=O)C3CCCN(c4cnccn4)C3)c2)CC1. The van der Waals surface area contributed by atoms with Gasteiger partial charge in [-0.3, -0.25) is 14.7 Å². The van der Waals surface area contributed by atoms with Gasteiger partial charge in [0.25, 0.3) is 0 Å². The van der Waals surface area contributed by atoms with Gasteiger partial charge in [-0.25, -0.2) is 4.98 Å². The highest BCUT2D eigenvalue weighted by Gasteiger charge is 2.26. The van der Waals surface area contributed by atoms with Gasteiger partial charge in [0.1, 0.15) is 5.82 Å². The van der Waals surface area contributed by atoms with E-state index in [1.807, 2.05) is 0 Å². The van der Waals surface area contributed by atoms with Gasteiger partial charge in [-0.15, -0.1) is 0 Å². The fourth-order valence-electron chi connectivity index (χ4n) is 4.29. The number of carbonyl (C=O) groups excluding carboxylic acids is 1. The molecule has 1 amide bonds. The number of piperidine rings is 1. The number of likely N-dealkylation sites (N-methyl/N-ethyl adjacent to an activating group) is 1. The van der Waals surface area contributed by atoms with Crippen LogP contribution in [0.5, 0.6) is 0 Å². The van der Waals surface area contributed by atoms with E-state index in [1.165, 1.54) is 5.56 Å². The minimum atomic E-state index is -0.00530. The molecule has 2 aromatic rings. The monoisotopic (exact) mass is 408 g/mol. The summed E-state index contributed by atoms with van der Waals surface area (Å²) in [5.74, 6) is 0.981. The Balaban J connectivity index is 1.28. The van der Waals surface area contributed by atoms with Crippen molar-refractivity contribution in [1.82, 2.24) is 25.1 Å². The maximum Gasteiger partial charge on any atom is 0.225 e. The van der Waals surface area contributed by atoms with Crippen LogP contribution in [0.1, 0.15) is 24.0 Å². The van der Waals surface area contributed by atoms with Gasteiger partial charge in [0.2, 0.25) is 5.91 Å². The van der Waals surface area contributed by atoms with Crippen LogP contribution < -0.4 is 10.2 Å². The standard InChI is InChI=1S/C23H32N6O/c1-27-10-12-28(13-11-27)17-20-5-2-4-19(14-20)15-26-23(30)21-6-3-9-29(18-21)22-16-24-7-8-25-22/h2,4-5,7-8,14,16,21H,3,6,9-13,15,17-18H2,1H3,(H,26,30). The lowest BCUT2D eigenvalue weighted by molar-refractivity contribution is -0.125. The summed E-state index contributed by atoms with van der Waals surface area (Å²) in [5, 5.41) is 3.16. The van der Waals surface area contributed by atoms with E-state index in [9.17, 15) is 4.79 Å². The van der Waals surface area contributed by atoms with Crippen LogP contribution in [-0.2, 0) is 17.9 Å². The third-order valence-corrected chi connectivity index (χ3v) is 6.13. The largest absolute Gasteiger partial charge is 0.355 e. The number of hydrogen-bond donors (Lipinski definition) is 1. The number of nitrogens with one attached hydrogen (secondary N) is 1. The zero-order chi connectivity index (χ0) is 20.8. The highest BCUT2D eigenvalue weighted by atomic mass is 16.1. The van der Waals surface area contributed by atoms with Crippen LogP contribution in [-0.4, -0.2) is 72.0 Å². The average molecular weight is 409 g/mol. The summed E-state index contributed by atoms with van der Waals surface area (Å²) >= 11 is 0. The molecule has 1 unspecified atom stereocenters. The Morgan fingerprint density at radius 3 is 2.77 bits per heavy atom. The van der Waals surface area contributed by atoms with Crippen molar-refractivity contribution in [3.63, 3.8) is 0 Å². The lowest BCUT2D eigenvalue weighted by Gasteiger charge is -2.32. The molecule has 1 aromatic heterocycles. The second-order valence-electron chi connectivity index (χ2n) is 8.47. The van der Waals surface area contributed by atoms with Gasteiger partial charge in [-0.2, -0.15) is 0 Å². The molecule has 2 saturated heterocycles. The van der Waals surface area contributed by atoms with Crippen LogP contribution in [0.3, 0.4) is 0 Å². The number of hydrogen-bond acceptors (Lipinski definition) is 6. The molecule has 2 aliphatic rings. The van der Waals surface area contributed by atoms with E-state index in [1.54, 1.807) is 18.6 Å². The van der Waals surface area contributed by atoms with Crippen molar-refractivity contribution in [1.29, 1.82) is 0 Å². The highest BCUT2D eigenvalue weighted by Crippen LogP contribution is 2.21. The van der Waals surface area contributed by atoms with E-state index in [0.717, 1.165) is 63.5 Å². The molecule has 7 nitrogen and oxygen atoms in total. The maximum absolute atomic E-state index is 12.8. The molecule has 7 heteroatoms. The van der Waals surface area contributed by atoms with Crippen molar-refractivity contribution in [2.45, 2.75) is 25.9 Å². The zero-order valence-corrected chi connectivity index (χ0v) is 17.8. The van der Waals surface area contributed by atoms with Crippen molar-refractivity contribution >= 4 is 11.7 Å². The first-order chi connectivity index (χ1) is 14.7. The van der Waals surface area contributed by atoms with Crippen molar-refractivity contribution in [2.75, 3.05) is 51.2 Å². The predicted molar refractivity (Wildman–Crippen MR) is 118 cm³/mol. The number of amides is 1. The smallest absolute Gasteiger partial charge is 0.225 e. The number of nitrogens with zero attached hydrogens (tertiary/aromatic N) is 5. The average Bonchev–Trinajstić information content (AvgIpc) is 2.80. The van der Waals surface area contributed by atoms with Gasteiger partial charge in [-0.1, -0.05) is 24.3 Å². The van der Waals surface area contributed by atoms with Gasteiger partial charge >= 0.3 is 0 Å². The number of benzene rings is 1. The fourth-order valence-corrected chi connectivity index (χ4v) is 4.29. The van der Waals surface area contributed by atoms with Gasteiger partial charge in [0.15, 0.2) is 0 Å². The molecule has 0 bridgehead atoms. The number of piperazine rings is 1. The Kier molecular flexibility index (Phi) is 6.92. The van der Waals surface area contributed by atoms with E-state index in [2.05, 4.69) is 61.3 Å². The molecule has 1 atom stereocenters. The first kappa shape index (κ1) is 20.8. The summed E-state index contributed by atoms with van der Waals surface area (Å²) in [6, 6.07) is 8.61. The molecule has 1 aromatic carbocycles. The number of rotatable bonds is 6. The lowest BCUT2D eigenvalue weighted by atomic mass is 9.97. The van der Waals surface area contributed by atoms with Crippen molar-refractivity contribution < 1.29 is 4.79 Å². The molecule has 0 saturated carbocycles. The van der Waals surface area contributed by atoms with Gasteiger partial charge in [-0.05, 0) is 31.0 Å². The lowest BCUT2D eigenvalue weighted by Crippen LogP contribution is -2.44. The molecule has 30 heavy (non-hydrogen) atoms. The Hall–Kier alpha value is -2.51. The Morgan fingerprint density at radius 2 is 1.97 bits per heavy atom. The Bertz CT molecular complexity index is 821. The molecule has 0 aliphatic carbocycles. The van der Waals surface area contributed by atoms with E-state index < -0.39 is 0 Å². The molecular weight excluding hydrogens is 376 g/mol. The third-order valence-electron chi connectivity index (χ3n) is 6.13. The third kappa shape index (κ3) is 5.55. The van der Waals surface area contributed by atoms with E-state index in [0.29, 0.717) is 13.1 Å². The Labute approximate surface area is 179 Å². The Morgan fingerprint density at radius 1 is 1.13 bits per heavy atom. The summed E-state index contributed by atoms with van der Waals surface area (Å²) in [6.45, 7) is 7.67. The molecule has 3 heterocycles. The van der Waals surface area contributed by atoms with Crippen LogP contribution in [0, 0.1) is 5.92 Å². The van der Waals surface area contributed by atoms with Gasteiger partial charge < -0.3 is 15.1 Å². The minimum Gasteiger partial charge on any atom is -0.355 e. The summed E-state index contributed by atoms with van der Waals surface area (Å²) in [7, 11) is 2.18. The summed E-state index contributed by atoms with van der Waals surface area (Å²) in [6.07, 6.45) is 7.07. The van der Waals surface area contributed by atoms with Crippen molar-refractivity contribution in [2.24, 2.45) is 5.92 Å². The molecule has 2 fully saturated rings. The first-order valence-corrected chi connectivity index (χ1v) is 10.9. The predicted octanol–water partition coefficient (Wildman–Crippen LogP) is 1.76. The second-order valence-corrected chi connectivity index (χ2v) is 8.47. The summed E-state index contributed by atoms with van der Waals surface area (Å²) < 4.78 is 0. The number of anilines is 1. The van der Waals surface area contributed by atoms with Crippen molar-refractivity contribution in [3.05, 3.63) is 54.0 Å². The fraction of sp³-hybridized carbons (Fsp3) is 0.522. The topological polar surface area (TPSA) is 64.6 Å². The number of carbonyl (C=O) groups is 1. The quantitative estimate of drug-likeness (QED) is 0.786. The first-order valence-electron chi connectivity index (χ1n) is 10.9. The molecule has 0 radical (unpaired) electrons. The molecule has 160 valence electrons. The van der Waals surface area contributed by atoms with Crippen LogP contribution >= 0.6 is 0 Å². The molecule has 0 spiro atoms. The van der Waals surface area contributed by atoms with Crippen LogP contribution in [0.4, 0.5) is 5.82 Å². The molecule has 1 N–H and O–H groups in total. The molecular formula is C23H32N6O. The molecule has 2 aliphatic heterocycles. The van der Waals surface area contributed by atoms with Gasteiger partial charge in [0, 0.05) is 64.8 Å². The van der Waals surface area contributed by atoms with Crippen LogP contribution in [0.2, 0.25) is 0 Å². The van der Waals surface area contributed by atoms with Crippen molar-refractivity contribution in [3.8, 4) is 0 Å². The van der Waals surface area contributed by atoms with Crippen LogP contribution in [0.15, 0.2) is 42.9 Å². The number of aromatic nitrogens is 2. The van der Waals surface area contributed by atoms with E-state index in [-0.39, 0.29) is 11.8 Å². The zero-order valence-electron chi connectivity index (χ0n) is 17.8. The second kappa shape index (κ2) is 10.00. The molecule has 4 rings (SSSR count). The van der Waals surface area contributed by atoms with E-state index in [4.69, 9.17) is 0 Å². The summed E-state index contributed by atoms with van der Waals surface area (Å²) in [5.41, 5.74) is 2.48. The van der Waals surface area contributed by atoms with Gasteiger partial charge in [0.05, 0.1) is 12.1 Å². The van der Waals surface area contributed by atoms with Crippen LogP contribution in [0.25, 0.3) is 0 Å². The highest BCUT2D eigenvalue weighted by molar-refractivity contribution is 5.79. The maximum atomic E-state index is 12.8. The minimum absolute atomic E-state index is 0.00530. The van der Waals surface area contributed by atoms with E-state index >= 15 is 0 Å². The summed E-state index contributed by atoms with van der Waals surface area (Å²) in [4.78, 5) is 28.4. The normalized spacial score (nSPS) is 20.8.